The first-order valence-corrected chi connectivity index (χ1v) is 4.93. The number of hydrogen-bond donors (Lipinski definition) is 0. The van der Waals surface area contributed by atoms with Crippen LogP contribution in [-0.4, -0.2) is 21.5 Å². The van der Waals surface area contributed by atoms with Crippen molar-refractivity contribution in [2.24, 2.45) is 0 Å². The predicted molar refractivity (Wildman–Crippen MR) is 52.8 cm³/mol. The molecule has 6 nitrogen and oxygen atoms in total. The standard InChI is InChI=1S/C8HClF6N2O4/c9-5(18)2-1-3(17(19)20)4(7(10,11)12)6(16-2)21-8(13,14)15/h1H. The monoisotopic (exact) mass is 338 g/mol. The largest absolute Gasteiger partial charge is 0.574 e. The summed E-state index contributed by atoms with van der Waals surface area (Å²) in [5.74, 6) is -2.19. The van der Waals surface area contributed by atoms with E-state index in [1.807, 2.05) is 0 Å². The van der Waals surface area contributed by atoms with Gasteiger partial charge in [-0.1, -0.05) is 0 Å². The molecule has 0 aliphatic carbocycles. The minimum absolute atomic E-state index is 0.00138. The van der Waals surface area contributed by atoms with Gasteiger partial charge in [0.2, 0.25) is 5.88 Å². The van der Waals surface area contributed by atoms with Crippen molar-refractivity contribution in [2.75, 3.05) is 0 Å². The van der Waals surface area contributed by atoms with Gasteiger partial charge in [-0.2, -0.15) is 13.2 Å². The van der Waals surface area contributed by atoms with Crippen LogP contribution >= 0.6 is 11.6 Å². The van der Waals surface area contributed by atoms with Gasteiger partial charge >= 0.3 is 12.5 Å². The van der Waals surface area contributed by atoms with Crippen LogP contribution < -0.4 is 4.74 Å². The van der Waals surface area contributed by atoms with E-state index in [1.165, 1.54) is 0 Å². The molecular formula is C8HClF6N2O4. The summed E-state index contributed by atoms with van der Waals surface area (Å²) in [5, 5.41) is 8.95. The highest BCUT2D eigenvalue weighted by molar-refractivity contribution is 6.67. The molecule has 1 aromatic rings. The third-order valence-electron chi connectivity index (χ3n) is 1.86. The molecule has 0 N–H and O–H groups in total. The number of carbonyl (C=O) groups excluding carboxylic acids is 1. The summed E-state index contributed by atoms with van der Waals surface area (Å²) in [5.41, 5.74) is -5.43. The van der Waals surface area contributed by atoms with E-state index >= 15 is 0 Å². The Bertz CT molecular complexity index is 600. The van der Waals surface area contributed by atoms with Crippen LogP contribution in [0.2, 0.25) is 0 Å². The van der Waals surface area contributed by atoms with Gasteiger partial charge in [-0.05, 0) is 11.6 Å². The maximum absolute atomic E-state index is 12.7. The summed E-state index contributed by atoms with van der Waals surface area (Å²) in [6.07, 6.45) is -11.2. The second-order valence-electron chi connectivity index (χ2n) is 3.28. The number of nitrogens with zero attached hydrogens (tertiary/aromatic N) is 2. The minimum atomic E-state index is -5.62. The van der Waals surface area contributed by atoms with Crippen molar-refractivity contribution in [3.05, 3.63) is 27.4 Å². The zero-order valence-electron chi connectivity index (χ0n) is 9.25. The van der Waals surface area contributed by atoms with E-state index in [9.17, 15) is 41.3 Å². The first-order valence-electron chi connectivity index (χ1n) is 4.55. The average Bonchev–Trinajstić information content (AvgIpc) is 2.23. The van der Waals surface area contributed by atoms with Crippen molar-refractivity contribution in [3.63, 3.8) is 0 Å². The fourth-order valence-electron chi connectivity index (χ4n) is 1.20. The molecule has 0 saturated heterocycles. The van der Waals surface area contributed by atoms with Crippen LogP contribution in [-0.2, 0) is 6.18 Å². The molecule has 1 aromatic heterocycles. The van der Waals surface area contributed by atoms with Gasteiger partial charge in [-0.25, -0.2) is 4.98 Å². The SMILES string of the molecule is O=C(Cl)c1cc([N+](=O)[O-])c(C(F)(F)F)c(OC(F)(F)F)n1. The molecule has 0 saturated carbocycles. The minimum Gasteiger partial charge on any atom is -0.387 e. The van der Waals surface area contributed by atoms with Crippen molar-refractivity contribution in [1.29, 1.82) is 0 Å². The Kier molecular flexibility index (Phi) is 4.32. The van der Waals surface area contributed by atoms with Crippen LogP contribution in [0.15, 0.2) is 6.07 Å². The summed E-state index contributed by atoms with van der Waals surface area (Å²) in [6, 6.07) is 0.00138. The van der Waals surface area contributed by atoms with Gasteiger partial charge in [-0.3, -0.25) is 14.9 Å². The van der Waals surface area contributed by atoms with E-state index in [2.05, 4.69) is 9.72 Å². The fourth-order valence-corrected chi connectivity index (χ4v) is 1.30. The van der Waals surface area contributed by atoms with E-state index in [-0.39, 0.29) is 6.07 Å². The zero-order chi connectivity index (χ0) is 16.6. The normalized spacial score (nSPS) is 12.1. The molecule has 0 bridgehead atoms. The molecule has 116 valence electrons. The molecule has 0 radical (unpaired) electrons. The Morgan fingerprint density at radius 1 is 1.29 bits per heavy atom. The van der Waals surface area contributed by atoms with Crippen molar-refractivity contribution in [2.45, 2.75) is 12.5 Å². The molecule has 0 fully saturated rings. The van der Waals surface area contributed by atoms with Crippen LogP contribution in [0.4, 0.5) is 32.0 Å². The van der Waals surface area contributed by atoms with Crippen molar-refractivity contribution < 1.29 is 40.8 Å². The second-order valence-corrected chi connectivity index (χ2v) is 3.63. The highest BCUT2D eigenvalue weighted by atomic mass is 35.5. The predicted octanol–water partition coefficient (Wildman–Crippen LogP) is 3.29. The quantitative estimate of drug-likeness (QED) is 0.365. The molecule has 21 heavy (non-hydrogen) atoms. The van der Waals surface area contributed by atoms with E-state index in [1.54, 1.807) is 0 Å². The number of aromatic nitrogens is 1. The van der Waals surface area contributed by atoms with Crippen molar-refractivity contribution >= 4 is 22.5 Å². The highest BCUT2D eigenvalue weighted by Crippen LogP contribution is 2.43. The van der Waals surface area contributed by atoms with Gasteiger partial charge in [0.15, 0.2) is 5.56 Å². The number of alkyl halides is 6. The Morgan fingerprint density at radius 3 is 2.14 bits per heavy atom. The smallest absolute Gasteiger partial charge is 0.387 e. The molecule has 13 heteroatoms. The van der Waals surface area contributed by atoms with E-state index in [4.69, 9.17) is 11.6 Å². The zero-order valence-corrected chi connectivity index (χ0v) is 10.0. The summed E-state index contributed by atoms with van der Waals surface area (Å²) < 4.78 is 77.2. The first-order chi connectivity index (χ1) is 9.33. The van der Waals surface area contributed by atoms with Gasteiger partial charge in [0, 0.05) is 6.07 Å². The van der Waals surface area contributed by atoms with E-state index in [0.717, 1.165) is 0 Å². The number of hydrogen-bond acceptors (Lipinski definition) is 5. The summed E-state index contributed by atoms with van der Waals surface area (Å²) >= 11 is 4.85. The Hall–Kier alpha value is -2.11. The summed E-state index contributed by atoms with van der Waals surface area (Å²) in [6.45, 7) is 0. The third kappa shape index (κ3) is 4.18. The van der Waals surface area contributed by atoms with Crippen LogP contribution in [0.3, 0.4) is 0 Å². The van der Waals surface area contributed by atoms with Crippen LogP contribution in [0.5, 0.6) is 5.88 Å². The summed E-state index contributed by atoms with van der Waals surface area (Å²) in [7, 11) is 0. The Balaban J connectivity index is 3.71. The number of ether oxygens (including phenoxy) is 1. The summed E-state index contributed by atoms with van der Waals surface area (Å²) in [4.78, 5) is 22.3. The van der Waals surface area contributed by atoms with Gasteiger partial charge in [-0.15, -0.1) is 13.2 Å². The molecule has 0 atom stereocenters. The molecule has 0 aromatic carbocycles. The number of halogens is 7. The maximum atomic E-state index is 12.7. The molecule has 0 spiro atoms. The molecule has 1 rings (SSSR count). The van der Waals surface area contributed by atoms with E-state index in [0.29, 0.717) is 0 Å². The number of carbonyl (C=O) groups is 1. The fraction of sp³-hybridized carbons (Fsp3) is 0.250. The number of pyridine rings is 1. The van der Waals surface area contributed by atoms with Gasteiger partial charge < -0.3 is 4.74 Å². The molecule has 0 amide bonds. The topological polar surface area (TPSA) is 82.3 Å². The lowest BCUT2D eigenvalue weighted by Gasteiger charge is -2.14. The van der Waals surface area contributed by atoms with Crippen LogP contribution in [0, 0.1) is 10.1 Å². The third-order valence-corrected chi connectivity index (χ3v) is 2.05. The number of nitro groups is 1. The Morgan fingerprint density at radius 2 is 1.81 bits per heavy atom. The average molecular weight is 339 g/mol. The van der Waals surface area contributed by atoms with E-state index < -0.39 is 45.5 Å². The van der Waals surface area contributed by atoms with Crippen LogP contribution in [0.1, 0.15) is 16.1 Å². The van der Waals surface area contributed by atoms with Gasteiger partial charge in [0.25, 0.3) is 10.9 Å². The highest BCUT2D eigenvalue weighted by Gasteiger charge is 2.46. The molecule has 0 aliphatic rings. The number of rotatable bonds is 3. The lowest BCUT2D eigenvalue weighted by atomic mass is 10.2. The first kappa shape index (κ1) is 16.9. The second kappa shape index (κ2) is 5.35. The maximum Gasteiger partial charge on any atom is 0.574 e. The Labute approximate surface area is 115 Å². The van der Waals surface area contributed by atoms with Crippen molar-refractivity contribution in [3.8, 4) is 5.88 Å². The lowest BCUT2D eigenvalue weighted by Crippen LogP contribution is -2.22. The van der Waals surface area contributed by atoms with Gasteiger partial charge in [0.05, 0.1) is 4.92 Å². The van der Waals surface area contributed by atoms with Gasteiger partial charge in [0.1, 0.15) is 5.69 Å². The van der Waals surface area contributed by atoms with Crippen molar-refractivity contribution in [1.82, 2.24) is 4.98 Å². The molecule has 0 unspecified atom stereocenters. The molecule has 0 aliphatic heterocycles. The van der Waals surface area contributed by atoms with Crippen LogP contribution in [0.25, 0.3) is 0 Å². The molecule has 1 heterocycles. The lowest BCUT2D eigenvalue weighted by molar-refractivity contribution is -0.388. The molecular weight excluding hydrogens is 338 g/mol.